The van der Waals surface area contributed by atoms with E-state index in [0.29, 0.717) is 17.0 Å². The molecule has 5 heteroatoms. The molecule has 1 aromatic carbocycles. The number of hydrogen-bond donors (Lipinski definition) is 3. The predicted molar refractivity (Wildman–Crippen MR) is 56.7 cm³/mol. The molecule has 1 aliphatic rings. The second-order valence-electron chi connectivity index (χ2n) is 4.06. The first kappa shape index (κ1) is 9.21. The molecule has 0 atom stereocenters. The average Bonchev–Trinajstić information content (AvgIpc) is 2.98. The third-order valence-corrected chi connectivity index (χ3v) is 2.84. The van der Waals surface area contributed by atoms with Crippen LogP contribution in [0, 0.1) is 0 Å². The summed E-state index contributed by atoms with van der Waals surface area (Å²) >= 11 is 0. The summed E-state index contributed by atoms with van der Waals surface area (Å²) in [5, 5.41) is 18.6. The Morgan fingerprint density at radius 1 is 1.44 bits per heavy atom. The van der Waals surface area contributed by atoms with Crippen molar-refractivity contribution in [1.82, 2.24) is 9.97 Å². The van der Waals surface area contributed by atoms with Crippen LogP contribution in [0.2, 0.25) is 0 Å². The lowest BCUT2D eigenvalue weighted by atomic mass is 10.2. The predicted octanol–water partition coefficient (Wildman–Crippen LogP) is 1.84. The highest BCUT2D eigenvalue weighted by molar-refractivity contribution is 6.02. The van der Waals surface area contributed by atoms with Gasteiger partial charge in [-0.3, -0.25) is 0 Å². The van der Waals surface area contributed by atoms with Crippen molar-refractivity contribution < 1.29 is 15.0 Å². The monoisotopic (exact) mass is 218 g/mol. The normalized spacial score (nSPS) is 15.5. The number of rotatable bonds is 2. The summed E-state index contributed by atoms with van der Waals surface area (Å²) in [6.07, 6.45) is 2.14. The molecule has 0 radical (unpaired) electrons. The highest BCUT2D eigenvalue weighted by atomic mass is 16.4. The standard InChI is InChI=1S/C11H10N2O3/c14-7-4-3-6(11(15)16)8-9(7)13-10(12-8)5-1-2-5/h3-5,14H,1-2H2,(H,12,13)(H,15,16). The quantitative estimate of drug-likeness (QED) is 0.717. The number of aromatic amines is 1. The number of carbonyl (C=O) groups is 1. The molecule has 5 nitrogen and oxygen atoms in total. The topological polar surface area (TPSA) is 86.2 Å². The van der Waals surface area contributed by atoms with Gasteiger partial charge >= 0.3 is 5.97 Å². The Morgan fingerprint density at radius 3 is 2.81 bits per heavy atom. The first-order chi connectivity index (χ1) is 7.66. The van der Waals surface area contributed by atoms with Crippen LogP contribution in [0.15, 0.2) is 12.1 Å². The molecule has 16 heavy (non-hydrogen) atoms. The number of aromatic hydroxyl groups is 1. The van der Waals surface area contributed by atoms with E-state index in [1.165, 1.54) is 12.1 Å². The molecule has 0 spiro atoms. The van der Waals surface area contributed by atoms with Crippen LogP contribution in [0.3, 0.4) is 0 Å². The molecule has 1 saturated carbocycles. The van der Waals surface area contributed by atoms with Gasteiger partial charge in [0.2, 0.25) is 0 Å². The molecule has 3 rings (SSSR count). The van der Waals surface area contributed by atoms with Crippen LogP contribution in [-0.4, -0.2) is 26.2 Å². The number of nitrogens with zero attached hydrogens (tertiary/aromatic N) is 1. The summed E-state index contributed by atoms with van der Waals surface area (Å²) in [5.41, 5.74) is 0.882. The van der Waals surface area contributed by atoms with Gasteiger partial charge in [-0.05, 0) is 25.0 Å². The van der Waals surface area contributed by atoms with Crippen LogP contribution < -0.4 is 0 Å². The largest absolute Gasteiger partial charge is 0.506 e. The van der Waals surface area contributed by atoms with Crippen molar-refractivity contribution in [1.29, 1.82) is 0 Å². The number of benzene rings is 1. The van der Waals surface area contributed by atoms with Gasteiger partial charge in [-0.25, -0.2) is 9.78 Å². The van der Waals surface area contributed by atoms with Crippen LogP contribution in [-0.2, 0) is 0 Å². The van der Waals surface area contributed by atoms with Crippen molar-refractivity contribution in [2.24, 2.45) is 0 Å². The summed E-state index contributed by atoms with van der Waals surface area (Å²) < 4.78 is 0. The van der Waals surface area contributed by atoms with E-state index in [0.717, 1.165) is 18.7 Å². The van der Waals surface area contributed by atoms with Crippen LogP contribution in [0.25, 0.3) is 11.0 Å². The molecule has 0 saturated heterocycles. The van der Waals surface area contributed by atoms with Crippen molar-refractivity contribution in [2.45, 2.75) is 18.8 Å². The fourth-order valence-corrected chi connectivity index (χ4v) is 1.82. The Bertz CT molecular complexity index is 584. The second kappa shape index (κ2) is 2.98. The van der Waals surface area contributed by atoms with Gasteiger partial charge in [-0.2, -0.15) is 0 Å². The van der Waals surface area contributed by atoms with E-state index in [1.807, 2.05) is 0 Å². The lowest BCUT2D eigenvalue weighted by Gasteiger charge is -1.97. The van der Waals surface area contributed by atoms with E-state index >= 15 is 0 Å². The number of H-pyrrole nitrogens is 1. The molecule has 0 unspecified atom stereocenters. The minimum Gasteiger partial charge on any atom is -0.506 e. The number of carboxylic acid groups (broad SMARTS) is 1. The summed E-state index contributed by atoms with van der Waals surface area (Å²) in [7, 11) is 0. The third kappa shape index (κ3) is 1.25. The summed E-state index contributed by atoms with van der Waals surface area (Å²) in [6.45, 7) is 0. The zero-order valence-corrected chi connectivity index (χ0v) is 8.40. The van der Waals surface area contributed by atoms with Gasteiger partial charge < -0.3 is 15.2 Å². The Hall–Kier alpha value is -2.04. The van der Waals surface area contributed by atoms with Crippen molar-refractivity contribution in [3.63, 3.8) is 0 Å². The van der Waals surface area contributed by atoms with E-state index in [4.69, 9.17) is 5.11 Å². The first-order valence-electron chi connectivity index (χ1n) is 5.11. The number of phenolic OH excluding ortho intramolecular Hbond substituents is 1. The minimum absolute atomic E-state index is 0.0411. The summed E-state index contributed by atoms with van der Waals surface area (Å²) in [5.74, 6) is 0.186. The van der Waals surface area contributed by atoms with E-state index in [2.05, 4.69) is 9.97 Å². The zero-order chi connectivity index (χ0) is 11.3. The molecule has 0 aliphatic heterocycles. The maximum Gasteiger partial charge on any atom is 0.337 e. The van der Waals surface area contributed by atoms with Gasteiger partial charge in [0.1, 0.15) is 22.6 Å². The summed E-state index contributed by atoms with van der Waals surface area (Å²) in [4.78, 5) is 18.2. The van der Waals surface area contributed by atoms with Crippen molar-refractivity contribution in [3.8, 4) is 5.75 Å². The Labute approximate surface area is 90.7 Å². The van der Waals surface area contributed by atoms with Gasteiger partial charge in [0.25, 0.3) is 0 Å². The van der Waals surface area contributed by atoms with E-state index in [1.54, 1.807) is 0 Å². The van der Waals surface area contributed by atoms with Crippen LogP contribution >= 0.6 is 0 Å². The lowest BCUT2D eigenvalue weighted by molar-refractivity contribution is 0.0699. The minimum atomic E-state index is -1.03. The summed E-state index contributed by atoms with van der Waals surface area (Å²) in [6, 6.07) is 2.75. The molecule has 1 aliphatic carbocycles. The number of nitrogens with one attached hydrogen (secondary N) is 1. The molecule has 1 fully saturated rings. The van der Waals surface area contributed by atoms with Crippen molar-refractivity contribution in [2.75, 3.05) is 0 Å². The van der Waals surface area contributed by atoms with Crippen molar-refractivity contribution >= 4 is 17.0 Å². The highest BCUT2D eigenvalue weighted by Gasteiger charge is 2.28. The molecule has 0 bridgehead atoms. The molecular weight excluding hydrogens is 208 g/mol. The number of aromatic carboxylic acids is 1. The van der Waals surface area contributed by atoms with E-state index in [9.17, 15) is 9.90 Å². The van der Waals surface area contributed by atoms with Gasteiger partial charge in [0, 0.05) is 5.92 Å². The molecule has 82 valence electrons. The van der Waals surface area contributed by atoms with Gasteiger partial charge in [-0.15, -0.1) is 0 Å². The number of fused-ring (bicyclic) bond motifs is 1. The first-order valence-corrected chi connectivity index (χ1v) is 5.11. The molecule has 0 amide bonds. The number of phenols is 1. The Kier molecular flexibility index (Phi) is 1.71. The van der Waals surface area contributed by atoms with E-state index in [-0.39, 0.29) is 11.3 Å². The molecule has 1 heterocycles. The molecule has 2 aromatic rings. The van der Waals surface area contributed by atoms with Gasteiger partial charge in [0.05, 0.1) is 5.56 Å². The Morgan fingerprint density at radius 2 is 2.19 bits per heavy atom. The number of hydrogen-bond acceptors (Lipinski definition) is 3. The van der Waals surface area contributed by atoms with Crippen LogP contribution in [0.1, 0.15) is 34.9 Å². The van der Waals surface area contributed by atoms with Crippen LogP contribution in [0.5, 0.6) is 5.75 Å². The average molecular weight is 218 g/mol. The number of aromatic nitrogens is 2. The molecule has 1 aromatic heterocycles. The van der Waals surface area contributed by atoms with Crippen LogP contribution in [0.4, 0.5) is 0 Å². The fraction of sp³-hybridized carbons (Fsp3) is 0.273. The molecule has 3 N–H and O–H groups in total. The van der Waals surface area contributed by atoms with Gasteiger partial charge in [-0.1, -0.05) is 0 Å². The van der Waals surface area contributed by atoms with Crippen molar-refractivity contribution in [3.05, 3.63) is 23.5 Å². The number of carboxylic acids is 1. The smallest absolute Gasteiger partial charge is 0.337 e. The maximum atomic E-state index is 11.0. The molecular formula is C11H10N2O3. The maximum absolute atomic E-state index is 11.0. The SMILES string of the molecule is O=C(O)c1ccc(O)c2[nH]c(C3CC3)nc12. The van der Waals surface area contributed by atoms with Gasteiger partial charge in [0.15, 0.2) is 0 Å². The van der Waals surface area contributed by atoms with E-state index < -0.39 is 5.97 Å². The third-order valence-electron chi connectivity index (χ3n) is 2.84. The Balaban J connectivity index is 2.29. The lowest BCUT2D eigenvalue weighted by Crippen LogP contribution is -1.97. The highest BCUT2D eigenvalue weighted by Crippen LogP contribution is 2.40. The zero-order valence-electron chi connectivity index (χ0n) is 8.40. The second-order valence-corrected chi connectivity index (χ2v) is 4.06. The fourth-order valence-electron chi connectivity index (χ4n) is 1.82. The number of imidazole rings is 1.